The summed E-state index contributed by atoms with van der Waals surface area (Å²) in [6.45, 7) is 4.95. The molecule has 0 radical (unpaired) electrons. The number of carbonyl (C=O) groups excluding carboxylic acids is 1. The van der Waals surface area contributed by atoms with E-state index in [-0.39, 0.29) is 11.8 Å². The lowest BCUT2D eigenvalue weighted by molar-refractivity contribution is -0.127. The molecule has 1 aliphatic carbocycles. The fourth-order valence-corrected chi connectivity index (χ4v) is 3.69. The fraction of sp³-hybridized carbons (Fsp3) is 0.474. The van der Waals surface area contributed by atoms with Gasteiger partial charge in [0, 0.05) is 5.92 Å². The van der Waals surface area contributed by atoms with Crippen LogP contribution in [0.3, 0.4) is 0 Å². The maximum Gasteiger partial charge on any atom is 0.223 e. The number of aromatic nitrogens is 2. The first-order valence-corrected chi connectivity index (χ1v) is 8.49. The van der Waals surface area contributed by atoms with Crippen molar-refractivity contribution in [3.63, 3.8) is 0 Å². The summed E-state index contributed by atoms with van der Waals surface area (Å²) >= 11 is 0. The highest BCUT2D eigenvalue weighted by atomic mass is 16.1. The Bertz CT molecular complexity index is 640. The average molecular weight is 311 g/mol. The van der Waals surface area contributed by atoms with Crippen molar-refractivity contribution in [2.45, 2.75) is 39.7 Å². The molecule has 1 saturated carbocycles. The lowest BCUT2D eigenvalue weighted by Crippen LogP contribution is -2.35. The van der Waals surface area contributed by atoms with E-state index in [1.807, 2.05) is 36.5 Å². The van der Waals surface area contributed by atoms with Crippen LogP contribution in [0, 0.1) is 17.8 Å². The van der Waals surface area contributed by atoms with Crippen LogP contribution in [0.2, 0.25) is 0 Å². The molecule has 1 aromatic heterocycles. The minimum absolute atomic E-state index is 0.150. The molecule has 0 aliphatic heterocycles. The van der Waals surface area contributed by atoms with Gasteiger partial charge in [0.15, 0.2) is 0 Å². The minimum atomic E-state index is 0.150. The lowest BCUT2D eigenvalue weighted by Gasteiger charge is -2.30. The molecular weight excluding hydrogens is 286 g/mol. The second-order valence-corrected chi connectivity index (χ2v) is 6.94. The number of benzene rings is 1. The Balaban J connectivity index is 1.56. The number of rotatable bonds is 4. The highest BCUT2D eigenvalue weighted by Crippen LogP contribution is 2.32. The first-order valence-electron chi connectivity index (χ1n) is 8.49. The zero-order chi connectivity index (χ0) is 16.2. The molecule has 3 rings (SSSR count). The van der Waals surface area contributed by atoms with Crippen LogP contribution in [-0.4, -0.2) is 15.9 Å². The van der Waals surface area contributed by atoms with Crippen molar-refractivity contribution in [3.8, 4) is 11.3 Å². The van der Waals surface area contributed by atoms with Gasteiger partial charge in [0.1, 0.15) is 5.82 Å². The normalized spacial score (nSPS) is 24.3. The summed E-state index contributed by atoms with van der Waals surface area (Å²) in [5.41, 5.74) is 2.09. The van der Waals surface area contributed by atoms with E-state index in [0.717, 1.165) is 29.9 Å². The molecule has 2 unspecified atom stereocenters. The Morgan fingerprint density at radius 3 is 2.57 bits per heavy atom. The summed E-state index contributed by atoms with van der Waals surface area (Å²) in [4.78, 5) is 20.0. The van der Waals surface area contributed by atoms with Crippen LogP contribution in [0.15, 0.2) is 36.5 Å². The van der Waals surface area contributed by atoms with Crippen LogP contribution in [0.4, 0.5) is 0 Å². The number of hydrogen-bond donors (Lipinski definition) is 2. The van der Waals surface area contributed by atoms with Gasteiger partial charge in [0.2, 0.25) is 5.91 Å². The zero-order valence-electron chi connectivity index (χ0n) is 13.9. The van der Waals surface area contributed by atoms with Gasteiger partial charge in [-0.1, -0.05) is 44.2 Å². The van der Waals surface area contributed by atoms with Crippen LogP contribution < -0.4 is 5.32 Å². The Morgan fingerprint density at radius 1 is 1.17 bits per heavy atom. The Morgan fingerprint density at radius 2 is 1.87 bits per heavy atom. The first-order chi connectivity index (χ1) is 11.1. The van der Waals surface area contributed by atoms with Crippen molar-refractivity contribution in [2.24, 2.45) is 17.8 Å². The Kier molecular flexibility index (Phi) is 4.79. The van der Waals surface area contributed by atoms with E-state index in [9.17, 15) is 4.79 Å². The standard InChI is InChI=1S/C19H25N3O/c1-13-8-14(2)10-16(9-13)19(23)21-12-18-20-11-17(22-18)15-6-4-3-5-7-15/h3-7,11,13-14,16H,8-10,12H2,1-2H3,(H,20,22)(H,21,23). The van der Waals surface area contributed by atoms with E-state index in [1.54, 1.807) is 0 Å². The number of nitrogens with one attached hydrogen (secondary N) is 2. The molecule has 23 heavy (non-hydrogen) atoms. The largest absolute Gasteiger partial charge is 0.349 e. The van der Waals surface area contributed by atoms with Crippen LogP contribution in [0.1, 0.15) is 38.9 Å². The molecule has 4 heteroatoms. The predicted molar refractivity (Wildman–Crippen MR) is 91.5 cm³/mol. The average Bonchev–Trinajstić information content (AvgIpc) is 3.01. The molecule has 1 aliphatic rings. The molecule has 1 heterocycles. The summed E-state index contributed by atoms with van der Waals surface area (Å²) in [5.74, 6) is 2.40. The molecule has 4 nitrogen and oxygen atoms in total. The third kappa shape index (κ3) is 4.01. The molecule has 0 saturated heterocycles. The highest BCUT2D eigenvalue weighted by molar-refractivity contribution is 5.78. The maximum absolute atomic E-state index is 12.4. The fourth-order valence-electron chi connectivity index (χ4n) is 3.69. The molecule has 0 spiro atoms. The summed E-state index contributed by atoms with van der Waals surface area (Å²) in [6.07, 6.45) is 5.07. The van der Waals surface area contributed by atoms with Crippen molar-refractivity contribution < 1.29 is 4.79 Å². The Hall–Kier alpha value is -2.10. The topological polar surface area (TPSA) is 57.8 Å². The minimum Gasteiger partial charge on any atom is -0.349 e. The van der Waals surface area contributed by atoms with Crippen molar-refractivity contribution in [1.29, 1.82) is 0 Å². The van der Waals surface area contributed by atoms with Gasteiger partial charge in [-0.15, -0.1) is 0 Å². The van der Waals surface area contributed by atoms with Crippen molar-refractivity contribution in [3.05, 3.63) is 42.4 Å². The molecule has 2 atom stereocenters. The van der Waals surface area contributed by atoms with Gasteiger partial charge in [-0.2, -0.15) is 0 Å². The number of nitrogens with zero attached hydrogens (tertiary/aromatic N) is 1. The summed E-state index contributed by atoms with van der Waals surface area (Å²) in [7, 11) is 0. The van der Waals surface area contributed by atoms with E-state index in [0.29, 0.717) is 18.4 Å². The number of amides is 1. The smallest absolute Gasteiger partial charge is 0.223 e. The molecule has 1 aromatic carbocycles. The summed E-state index contributed by atoms with van der Waals surface area (Å²) in [6, 6.07) is 10.1. The molecule has 1 fully saturated rings. The van der Waals surface area contributed by atoms with E-state index >= 15 is 0 Å². The third-order valence-corrected chi connectivity index (χ3v) is 4.69. The molecular formula is C19H25N3O. The van der Waals surface area contributed by atoms with Gasteiger partial charge in [-0.05, 0) is 36.7 Å². The zero-order valence-corrected chi connectivity index (χ0v) is 13.9. The lowest BCUT2D eigenvalue weighted by atomic mass is 9.76. The highest BCUT2D eigenvalue weighted by Gasteiger charge is 2.28. The van der Waals surface area contributed by atoms with Crippen molar-refractivity contribution in [1.82, 2.24) is 15.3 Å². The SMILES string of the molecule is CC1CC(C)CC(C(=O)NCc2ncc(-c3ccccc3)[nH]2)C1. The Labute approximate surface area is 137 Å². The van der Waals surface area contributed by atoms with Gasteiger partial charge < -0.3 is 10.3 Å². The molecule has 1 amide bonds. The van der Waals surface area contributed by atoms with Crippen LogP contribution in [-0.2, 0) is 11.3 Å². The number of hydrogen-bond acceptors (Lipinski definition) is 2. The maximum atomic E-state index is 12.4. The van der Waals surface area contributed by atoms with Crippen molar-refractivity contribution in [2.75, 3.05) is 0 Å². The van der Waals surface area contributed by atoms with E-state index in [1.165, 1.54) is 6.42 Å². The first kappa shape index (κ1) is 15.8. The summed E-state index contributed by atoms with van der Waals surface area (Å²) < 4.78 is 0. The van der Waals surface area contributed by atoms with Crippen LogP contribution in [0.25, 0.3) is 11.3 Å². The van der Waals surface area contributed by atoms with E-state index in [4.69, 9.17) is 0 Å². The van der Waals surface area contributed by atoms with Gasteiger partial charge in [-0.3, -0.25) is 4.79 Å². The van der Waals surface area contributed by atoms with Gasteiger partial charge in [0.25, 0.3) is 0 Å². The van der Waals surface area contributed by atoms with E-state index in [2.05, 4.69) is 29.1 Å². The number of imidazole rings is 1. The van der Waals surface area contributed by atoms with E-state index < -0.39 is 0 Å². The van der Waals surface area contributed by atoms with Gasteiger partial charge in [0.05, 0.1) is 18.4 Å². The monoisotopic (exact) mass is 311 g/mol. The van der Waals surface area contributed by atoms with Crippen LogP contribution >= 0.6 is 0 Å². The predicted octanol–water partition coefficient (Wildman–Crippen LogP) is 3.77. The molecule has 2 aromatic rings. The second kappa shape index (κ2) is 6.99. The third-order valence-electron chi connectivity index (χ3n) is 4.69. The number of H-pyrrole nitrogens is 1. The summed E-state index contributed by atoms with van der Waals surface area (Å²) in [5, 5.41) is 3.04. The van der Waals surface area contributed by atoms with Crippen molar-refractivity contribution >= 4 is 5.91 Å². The molecule has 2 N–H and O–H groups in total. The number of carbonyl (C=O) groups is 1. The molecule has 122 valence electrons. The molecule has 0 bridgehead atoms. The van der Waals surface area contributed by atoms with Gasteiger partial charge >= 0.3 is 0 Å². The number of aromatic amines is 1. The second-order valence-electron chi connectivity index (χ2n) is 6.94. The quantitative estimate of drug-likeness (QED) is 0.903. The van der Waals surface area contributed by atoms with Crippen LogP contribution in [0.5, 0.6) is 0 Å². The van der Waals surface area contributed by atoms with Gasteiger partial charge in [-0.25, -0.2) is 4.98 Å².